The molecule has 0 radical (unpaired) electrons. The molecule has 2 aliphatic rings. The van der Waals surface area contributed by atoms with Gasteiger partial charge in [0.1, 0.15) is 29.1 Å². The molecule has 2 aromatic carbocycles. The van der Waals surface area contributed by atoms with Crippen LogP contribution in [-0.2, 0) is 0 Å². The third-order valence-corrected chi connectivity index (χ3v) is 8.19. The number of hydrogen-bond acceptors (Lipinski definition) is 7. The van der Waals surface area contributed by atoms with Crippen LogP contribution in [0.2, 0.25) is 0 Å². The van der Waals surface area contributed by atoms with Crippen molar-refractivity contribution in [1.29, 1.82) is 0 Å². The number of hydrogen-bond donors (Lipinski definition) is 0. The lowest BCUT2D eigenvalue weighted by Gasteiger charge is -2.17. The molecular weight excluding hydrogens is 520 g/mol. The predicted molar refractivity (Wildman–Crippen MR) is 172 cm³/mol. The van der Waals surface area contributed by atoms with E-state index in [2.05, 4.69) is 82.0 Å². The minimum absolute atomic E-state index is 0.317. The van der Waals surface area contributed by atoms with Gasteiger partial charge in [-0.25, -0.2) is 19.9 Å². The van der Waals surface area contributed by atoms with Crippen molar-refractivity contribution < 1.29 is 0 Å². The number of nitrogens with zero attached hydrogens (tertiary/aromatic N) is 8. The molecule has 0 unspecified atom stereocenters. The van der Waals surface area contributed by atoms with Crippen molar-refractivity contribution in [3.8, 4) is 0 Å². The van der Waals surface area contributed by atoms with Gasteiger partial charge in [-0.3, -0.25) is 20.3 Å². The van der Waals surface area contributed by atoms with Gasteiger partial charge in [0, 0.05) is 17.5 Å². The van der Waals surface area contributed by atoms with E-state index < -0.39 is 0 Å². The Hall–Kier alpha value is -3.90. The topological polar surface area (TPSA) is 103 Å². The van der Waals surface area contributed by atoms with Crippen molar-refractivity contribution in [2.75, 3.05) is 6.67 Å². The second kappa shape index (κ2) is 11.1. The molecule has 0 bridgehead atoms. The summed E-state index contributed by atoms with van der Waals surface area (Å²) in [6, 6.07) is 0. The van der Waals surface area contributed by atoms with Gasteiger partial charge in [0.15, 0.2) is 0 Å². The fraction of sp³-hybridized carbons (Fsp3) is 0.500. The van der Waals surface area contributed by atoms with Crippen LogP contribution in [0.5, 0.6) is 0 Å². The summed E-state index contributed by atoms with van der Waals surface area (Å²) >= 11 is 0. The second-order valence-electron chi connectivity index (χ2n) is 12.6. The van der Waals surface area contributed by atoms with E-state index in [1.165, 1.54) is 11.1 Å². The Morgan fingerprint density at radius 1 is 0.524 bits per heavy atom. The molecule has 42 heavy (non-hydrogen) atoms. The molecule has 4 heterocycles. The highest BCUT2D eigenvalue weighted by atomic mass is 15.0. The Kier molecular flexibility index (Phi) is 7.80. The SMILES string of the molecule is Cc1nc2c(C(C)C)c3c(c(C(C)C)c2nc1C)=NCN=3.Cc1nc2c(C(C)C)c3c(c(C(C)C)c2nc1C)[N-][C+]=N3. The van der Waals surface area contributed by atoms with Gasteiger partial charge in [0.25, 0.3) is 0 Å². The molecule has 218 valence electrons. The van der Waals surface area contributed by atoms with Crippen molar-refractivity contribution >= 4 is 39.8 Å². The first kappa shape index (κ1) is 29.6. The fourth-order valence-corrected chi connectivity index (χ4v) is 5.95. The Bertz CT molecular complexity index is 1810. The van der Waals surface area contributed by atoms with E-state index in [1.807, 2.05) is 27.7 Å². The van der Waals surface area contributed by atoms with Crippen LogP contribution in [0.25, 0.3) is 27.4 Å². The second-order valence-corrected chi connectivity index (χ2v) is 12.6. The van der Waals surface area contributed by atoms with Crippen LogP contribution < -0.4 is 10.7 Å². The van der Waals surface area contributed by atoms with Gasteiger partial charge >= 0.3 is 0 Å². The van der Waals surface area contributed by atoms with E-state index in [1.54, 1.807) is 0 Å². The Morgan fingerprint density at radius 3 is 1.26 bits per heavy atom. The van der Waals surface area contributed by atoms with E-state index in [9.17, 15) is 0 Å². The van der Waals surface area contributed by atoms with Gasteiger partial charge in [-0.15, -0.1) is 0 Å². The zero-order valence-electron chi connectivity index (χ0n) is 27.1. The molecule has 0 amide bonds. The molecule has 8 nitrogen and oxygen atoms in total. The highest BCUT2D eigenvalue weighted by molar-refractivity contribution is 6.06. The quantitative estimate of drug-likeness (QED) is 0.237. The van der Waals surface area contributed by atoms with Crippen LogP contribution >= 0.6 is 0 Å². The smallest absolute Gasteiger partial charge is 0.131 e. The van der Waals surface area contributed by atoms with E-state index in [0.717, 1.165) is 78.1 Å². The molecule has 0 saturated heterocycles. The third kappa shape index (κ3) is 4.82. The number of aryl methyl sites for hydroxylation is 4. The summed E-state index contributed by atoms with van der Waals surface area (Å²) in [4.78, 5) is 33.0. The van der Waals surface area contributed by atoms with Crippen molar-refractivity contribution in [2.45, 2.75) is 107 Å². The first-order valence-corrected chi connectivity index (χ1v) is 15.0. The average molecular weight is 563 g/mol. The molecule has 0 N–H and O–H groups in total. The lowest BCUT2D eigenvalue weighted by molar-refractivity contribution is 0.826. The molecule has 0 fully saturated rings. The maximum atomic E-state index is 4.85. The molecule has 0 aliphatic carbocycles. The summed E-state index contributed by atoms with van der Waals surface area (Å²) in [6.45, 7) is 26.0. The summed E-state index contributed by atoms with van der Waals surface area (Å²) in [5.41, 5.74) is 14.4. The monoisotopic (exact) mass is 562 g/mol. The summed E-state index contributed by atoms with van der Waals surface area (Å²) in [5, 5.41) is 6.46. The van der Waals surface area contributed by atoms with Gasteiger partial charge in [-0.2, -0.15) is 0 Å². The molecule has 0 atom stereocenters. The van der Waals surface area contributed by atoms with Crippen LogP contribution in [0.15, 0.2) is 15.0 Å². The molecule has 2 aromatic heterocycles. The zero-order chi connectivity index (χ0) is 30.6. The molecule has 0 saturated carbocycles. The Labute approximate surface area is 249 Å². The van der Waals surface area contributed by atoms with Crippen LogP contribution in [0.3, 0.4) is 0 Å². The van der Waals surface area contributed by atoms with Gasteiger partial charge < -0.3 is 0 Å². The van der Waals surface area contributed by atoms with Crippen LogP contribution in [0, 0.1) is 27.7 Å². The highest BCUT2D eigenvalue weighted by Crippen LogP contribution is 2.50. The molecular formula is C34H42N8. The fourth-order valence-electron chi connectivity index (χ4n) is 5.95. The van der Waals surface area contributed by atoms with E-state index in [-0.39, 0.29) is 0 Å². The maximum Gasteiger partial charge on any atom is 0.131 e. The Morgan fingerprint density at radius 2 is 0.881 bits per heavy atom. The average Bonchev–Trinajstić information content (AvgIpc) is 3.57. The van der Waals surface area contributed by atoms with Crippen LogP contribution in [0.1, 0.15) is 124 Å². The zero-order valence-corrected chi connectivity index (χ0v) is 27.1. The largest absolute Gasteiger partial charge is 0.259 e. The van der Waals surface area contributed by atoms with Gasteiger partial charge in [-0.05, 0) is 51.4 Å². The van der Waals surface area contributed by atoms with E-state index >= 15 is 0 Å². The van der Waals surface area contributed by atoms with Gasteiger partial charge in [-0.1, -0.05) is 55.4 Å². The molecule has 8 heteroatoms. The first-order valence-electron chi connectivity index (χ1n) is 15.0. The lowest BCUT2D eigenvalue weighted by atomic mass is 9.90. The van der Waals surface area contributed by atoms with Crippen molar-refractivity contribution in [1.82, 2.24) is 19.9 Å². The van der Waals surface area contributed by atoms with E-state index in [4.69, 9.17) is 19.9 Å². The first-order chi connectivity index (χ1) is 19.8. The highest BCUT2D eigenvalue weighted by Gasteiger charge is 2.29. The normalized spacial score (nSPS) is 13.3. The minimum atomic E-state index is 0.317. The predicted octanol–water partition coefficient (Wildman–Crippen LogP) is 7.75. The van der Waals surface area contributed by atoms with Crippen molar-refractivity contribution in [2.24, 2.45) is 15.0 Å². The third-order valence-electron chi connectivity index (χ3n) is 8.19. The standard InChI is InChI=1S/C17H22N4.C17H20N4/c2*1-8(2)12-14-15(19-7-18-14)13(9(3)4)17-16(12)20-10(5)11(6)21-17/h8-9H,7H2,1-6H3;8-9H,1-6H3. The Balaban J connectivity index is 0.000000168. The lowest BCUT2D eigenvalue weighted by Crippen LogP contribution is -2.32. The summed E-state index contributed by atoms with van der Waals surface area (Å²) in [7, 11) is 0. The summed E-state index contributed by atoms with van der Waals surface area (Å²) in [6.07, 6.45) is 2.78. The summed E-state index contributed by atoms with van der Waals surface area (Å²) < 4.78 is 0. The maximum absolute atomic E-state index is 4.85. The van der Waals surface area contributed by atoms with Gasteiger partial charge in [0.05, 0.1) is 55.7 Å². The number of fused-ring (bicyclic) bond motifs is 4. The number of aliphatic imine (C=N–C) groups is 1. The number of aromatic nitrogens is 4. The van der Waals surface area contributed by atoms with Gasteiger partial charge in [0.2, 0.25) is 0 Å². The molecule has 2 aliphatic heterocycles. The minimum Gasteiger partial charge on any atom is -0.259 e. The molecule has 0 spiro atoms. The van der Waals surface area contributed by atoms with Crippen LogP contribution in [0.4, 0.5) is 11.4 Å². The molecule has 4 aromatic rings. The van der Waals surface area contributed by atoms with Crippen molar-refractivity contribution in [3.63, 3.8) is 0 Å². The molecule has 6 rings (SSSR count). The van der Waals surface area contributed by atoms with E-state index in [0.29, 0.717) is 30.3 Å². The summed E-state index contributed by atoms with van der Waals surface area (Å²) in [5.74, 6) is 1.35. The number of benzene rings is 2. The van der Waals surface area contributed by atoms with Crippen LogP contribution in [-0.4, -0.2) is 32.9 Å². The number of rotatable bonds is 4. The van der Waals surface area contributed by atoms with Crippen molar-refractivity contribution in [3.05, 3.63) is 61.1 Å².